The van der Waals surface area contributed by atoms with Gasteiger partial charge in [-0.3, -0.25) is 19.3 Å². The Morgan fingerprint density at radius 2 is 1.57 bits per heavy atom. The second-order valence-corrected chi connectivity index (χ2v) is 5.02. The van der Waals surface area contributed by atoms with Crippen LogP contribution in [-0.4, -0.2) is 29.0 Å². The Morgan fingerprint density at radius 3 is 2.19 bits per heavy atom. The van der Waals surface area contributed by atoms with Gasteiger partial charge in [0.1, 0.15) is 0 Å². The molecule has 1 aliphatic heterocycles. The van der Waals surface area contributed by atoms with Crippen LogP contribution >= 0.6 is 0 Å². The summed E-state index contributed by atoms with van der Waals surface area (Å²) in [6.07, 6.45) is 5.29. The van der Waals surface area contributed by atoms with Gasteiger partial charge in [-0.15, -0.1) is 0 Å². The summed E-state index contributed by atoms with van der Waals surface area (Å²) in [5.74, 6) is -0.416. The lowest BCUT2D eigenvalue weighted by molar-refractivity contribution is -0.136. The predicted molar refractivity (Wildman–Crippen MR) is 79.5 cm³/mol. The van der Waals surface area contributed by atoms with E-state index in [2.05, 4.69) is 0 Å². The summed E-state index contributed by atoms with van der Waals surface area (Å²) < 4.78 is 0. The van der Waals surface area contributed by atoms with Crippen LogP contribution < -0.4 is 5.73 Å². The van der Waals surface area contributed by atoms with Crippen LogP contribution in [-0.2, 0) is 9.59 Å². The van der Waals surface area contributed by atoms with E-state index in [1.54, 1.807) is 24.3 Å². The minimum Gasteiger partial charge on any atom is -0.399 e. The van der Waals surface area contributed by atoms with Crippen molar-refractivity contribution in [1.29, 1.82) is 0 Å². The molecule has 0 aliphatic carbocycles. The molecular weight excluding hydrogens is 268 g/mol. The van der Waals surface area contributed by atoms with E-state index in [0.29, 0.717) is 30.6 Å². The third kappa shape index (κ3) is 4.02. The number of hydrogen-bond acceptors (Lipinski definition) is 4. The smallest absolute Gasteiger partial charge is 0.253 e. The number of nitrogens with zero attached hydrogens (tertiary/aromatic N) is 1. The number of hydrogen-bond donors (Lipinski definition) is 1. The number of carbonyl (C=O) groups excluding carboxylic acids is 3. The Bertz CT molecular complexity index is 558. The molecule has 5 nitrogen and oxygen atoms in total. The quantitative estimate of drug-likeness (QED) is 0.359. The number of nitrogen functional groups attached to an aromatic ring is 1. The summed E-state index contributed by atoms with van der Waals surface area (Å²) in [6.45, 7) is 0.417. The van der Waals surface area contributed by atoms with Gasteiger partial charge in [0, 0.05) is 36.4 Å². The first-order chi connectivity index (χ1) is 10.1. The first-order valence-electron chi connectivity index (χ1n) is 7.00. The van der Waals surface area contributed by atoms with E-state index >= 15 is 0 Å². The molecule has 0 saturated carbocycles. The molecular formula is C16H18N2O3. The van der Waals surface area contributed by atoms with Crippen molar-refractivity contribution in [3.05, 3.63) is 42.0 Å². The maximum atomic E-state index is 11.9. The molecule has 2 N–H and O–H groups in total. The van der Waals surface area contributed by atoms with Crippen LogP contribution in [0.2, 0.25) is 0 Å². The molecule has 0 aromatic heterocycles. The molecule has 0 atom stereocenters. The summed E-state index contributed by atoms with van der Waals surface area (Å²) in [5.41, 5.74) is 6.88. The molecule has 1 heterocycles. The van der Waals surface area contributed by atoms with Crippen LogP contribution in [0.3, 0.4) is 0 Å². The van der Waals surface area contributed by atoms with Crippen molar-refractivity contribution in [2.24, 2.45) is 0 Å². The fourth-order valence-electron chi connectivity index (χ4n) is 2.20. The molecule has 0 spiro atoms. The van der Waals surface area contributed by atoms with Gasteiger partial charge in [-0.2, -0.15) is 0 Å². The number of Topliss-reactive ketones (excluding diaryl/α,β-unsaturated/α-hetero) is 1. The third-order valence-corrected chi connectivity index (χ3v) is 3.42. The zero-order valence-corrected chi connectivity index (χ0v) is 11.7. The molecule has 21 heavy (non-hydrogen) atoms. The number of benzene rings is 1. The number of rotatable bonds is 7. The van der Waals surface area contributed by atoms with Crippen molar-refractivity contribution in [2.45, 2.75) is 25.7 Å². The van der Waals surface area contributed by atoms with Crippen LogP contribution in [0.1, 0.15) is 36.0 Å². The second-order valence-electron chi connectivity index (χ2n) is 5.02. The van der Waals surface area contributed by atoms with Gasteiger partial charge in [-0.1, -0.05) is 6.42 Å². The van der Waals surface area contributed by atoms with Crippen LogP contribution in [0.15, 0.2) is 36.4 Å². The molecule has 110 valence electrons. The molecule has 1 aromatic carbocycles. The van der Waals surface area contributed by atoms with E-state index in [-0.39, 0.29) is 17.6 Å². The van der Waals surface area contributed by atoms with Crippen LogP contribution in [0.25, 0.3) is 0 Å². The molecule has 0 saturated heterocycles. The van der Waals surface area contributed by atoms with Gasteiger partial charge in [0.2, 0.25) is 0 Å². The highest BCUT2D eigenvalue weighted by atomic mass is 16.2. The summed E-state index contributed by atoms with van der Waals surface area (Å²) in [7, 11) is 0. The summed E-state index contributed by atoms with van der Waals surface area (Å²) in [6, 6.07) is 6.88. The first kappa shape index (κ1) is 15.0. The van der Waals surface area contributed by atoms with Crippen LogP contribution in [0, 0.1) is 0 Å². The van der Waals surface area contributed by atoms with Crippen molar-refractivity contribution in [3.63, 3.8) is 0 Å². The lowest BCUT2D eigenvalue weighted by Crippen LogP contribution is -2.30. The largest absolute Gasteiger partial charge is 0.399 e. The third-order valence-electron chi connectivity index (χ3n) is 3.42. The van der Waals surface area contributed by atoms with Gasteiger partial charge in [0.15, 0.2) is 5.78 Å². The van der Waals surface area contributed by atoms with E-state index in [0.717, 1.165) is 12.8 Å². The molecule has 0 radical (unpaired) electrons. The number of nitrogens with two attached hydrogens (primary N) is 1. The topological polar surface area (TPSA) is 80.5 Å². The van der Waals surface area contributed by atoms with Crippen molar-refractivity contribution in [2.75, 3.05) is 12.3 Å². The number of unbranched alkanes of at least 4 members (excludes halogenated alkanes) is 2. The molecule has 1 aromatic rings. The summed E-state index contributed by atoms with van der Waals surface area (Å²) in [5, 5.41) is 0. The Labute approximate surface area is 123 Å². The fourth-order valence-corrected chi connectivity index (χ4v) is 2.20. The van der Waals surface area contributed by atoms with Crippen molar-refractivity contribution in [1.82, 2.24) is 4.90 Å². The molecule has 2 rings (SSSR count). The van der Waals surface area contributed by atoms with E-state index in [9.17, 15) is 14.4 Å². The van der Waals surface area contributed by atoms with E-state index in [4.69, 9.17) is 5.73 Å². The van der Waals surface area contributed by atoms with Crippen LogP contribution in [0.5, 0.6) is 0 Å². The molecule has 1 aliphatic rings. The van der Waals surface area contributed by atoms with Gasteiger partial charge in [0.05, 0.1) is 0 Å². The highest BCUT2D eigenvalue weighted by Gasteiger charge is 2.22. The molecule has 5 heteroatoms. The average Bonchev–Trinajstić information content (AvgIpc) is 2.79. The maximum Gasteiger partial charge on any atom is 0.253 e. The molecule has 0 bridgehead atoms. The zero-order chi connectivity index (χ0) is 15.2. The highest BCUT2D eigenvalue weighted by molar-refractivity contribution is 6.12. The molecule has 0 fully saturated rings. The standard InChI is InChI=1S/C16H18N2O3/c17-13-7-5-12(6-8-13)14(19)4-2-1-3-11-18-15(20)9-10-16(18)21/h5-10H,1-4,11,17H2. The van der Waals surface area contributed by atoms with E-state index < -0.39 is 0 Å². The Morgan fingerprint density at radius 1 is 0.952 bits per heavy atom. The first-order valence-corrected chi connectivity index (χ1v) is 7.00. The van der Waals surface area contributed by atoms with E-state index in [1.807, 2.05) is 0 Å². The van der Waals surface area contributed by atoms with Gasteiger partial charge in [0.25, 0.3) is 11.8 Å². The second kappa shape index (κ2) is 6.83. The fraction of sp³-hybridized carbons (Fsp3) is 0.312. The van der Waals surface area contributed by atoms with Crippen molar-refractivity contribution < 1.29 is 14.4 Å². The number of anilines is 1. The zero-order valence-electron chi connectivity index (χ0n) is 11.7. The minimum absolute atomic E-state index is 0.0880. The summed E-state index contributed by atoms with van der Waals surface area (Å²) in [4.78, 5) is 35.8. The highest BCUT2D eigenvalue weighted by Crippen LogP contribution is 2.12. The van der Waals surface area contributed by atoms with Gasteiger partial charge in [-0.05, 0) is 37.1 Å². The van der Waals surface area contributed by atoms with Gasteiger partial charge >= 0.3 is 0 Å². The van der Waals surface area contributed by atoms with Gasteiger partial charge in [-0.25, -0.2) is 0 Å². The SMILES string of the molecule is Nc1ccc(C(=O)CCCCCN2C(=O)C=CC2=O)cc1. The molecule has 0 unspecified atom stereocenters. The maximum absolute atomic E-state index is 11.9. The number of carbonyl (C=O) groups is 3. The monoisotopic (exact) mass is 286 g/mol. The lowest BCUT2D eigenvalue weighted by atomic mass is 10.0. The van der Waals surface area contributed by atoms with Crippen molar-refractivity contribution >= 4 is 23.3 Å². The number of ketones is 1. The van der Waals surface area contributed by atoms with E-state index in [1.165, 1.54) is 17.1 Å². The number of amides is 2. The Kier molecular flexibility index (Phi) is 4.87. The average molecular weight is 286 g/mol. The number of imide groups is 1. The molecule has 2 amide bonds. The van der Waals surface area contributed by atoms with Crippen LogP contribution in [0.4, 0.5) is 5.69 Å². The Hall–Kier alpha value is -2.43. The summed E-state index contributed by atoms with van der Waals surface area (Å²) >= 11 is 0. The Balaban J connectivity index is 1.66. The normalized spacial score (nSPS) is 14.0. The van der Waals surface area contributed by atoms with Crippen molar-refractivity contribution in [3.8, 4) is 0 Å². The lowest BCUT2D eigenvalue weighted by Gasteiger charge is -2.12. The van der Waals surface area contributed by atoms with Gasteiger partial charge < -0.3 is 5.73 Å². The minimum atomic E-state index is -0.252. The predicted octanol–water partition coefficient (Wildman–Crippen LogP) is 1.94.